The fourth-order valence-corrected chi connectivity index (χ4v) is 1.06. The van der Waals surface area contributed by atoms with Crippen molar-refractivity contribution < 1.29 is 24.9 Å². The first-order valence-corrected chi connectivity index (χ1v) is 4.39. The van der Waals surface area contributed by atoms with Crippen LogP contribution in [0.3, 0.4) is 0 Å². The summed E-state index contributed by atoms with van der Waals surface area (Å²) in [4.78, 5) is 8.25. The zero-order valence-corrected chi connectivity index (χ0v) is 8.70. The molecule has 0 aliphatic rings. The second-order valence-corrected chi connectivity index (χ2v) is 3.18. The second-order valence-electron chi connectivity index (χ2n) is 3.18. The van der Waals surface area contributed by atoms with Crippen LogP contribution in [0.1, 0.15) is 0 Å². The molecule has 0 atom stereocenters. The molecule has 0 saturated carbocycles. The average Bonchev–Trinajstić information content (AvgIpc) is 2.03. The molecule has 0 unspecified atom stereocenters. The van der Waals surface area contributed by atoms with Crippen molar-refractivity contribution in [3.05, 3.63) is 15.3 Å². The molecule has 8 nitrogen and oxygen atoms in total. The van der Waals surface area contributed by atoms with E-state index in [9.17, 15) is 0 Å². The van der Waals surface area contributed by atoms with Gasteiger partial charge in [-0.15, -0.1) is 0 Å². The van der Waals surface area contributed by atoms with Crippen LogP contribution in [0.5, 0.6) is 0 Å². The van der Waals surface area contributed by atoms with Gasteiger partial charge in [-0.1, -0.05) is 0 Å². The summed E-state index contributed by atoms with van der Waals surface area (Å²) in [7, 11) is 1.91. The number of nitrogens with zero attached hydrogens (tertiary/aromatic N) is 2. The standard InChI is InChI=1S/C7H18NO3.NO3/c1-8(2-5-9,3-6-10)4-7-11;2-1(3)4/h9-11H,2-7H2,1H3;/q+1;-1. The first kappa shape index (κ1) is 16.5. The van der Waals surface area contributed by atoms with Crippen LogP contribution in [0, 0.1) is 15.3 Å². The number of likely N-dealkylation sites (N-methyl/N-ethyl adjacent to an activating group) is 1. The van der Waals surface area contributed by atoms with Gasteiger partial charge in [0, 0.05) is 0 Å². The Morgan fingerprint density at radius 3 is 1.33 bits per heavy atom. The number of aliphatic hydroxyl groups is 3. The van der Waals surface area contributed by atoms with Gasteiger partial charge in [0.25, 0.3) is 0 Å². The molecule has 0 aromatic rings. The van der Waals surface area contributed by atoms with Crippen molar-refractivity contribution in [3.63, 3.8) is 0 Å². The van der Waals surface area contributed by atoms with Gasteiger partial charge in [-0.3, -0.25) is 0 Å². The molecule has 0 heterocycles. The minimum Gasteiger partial charge on any atom is -0.391 e. The van der Waals surface area contributed by atoms with E-state index >= 15 is 0 Å². The van der Waals surface area contributed by atoms with Crippen molar-refractivity contribution in [1.82, 2.24) is 0 Å². The van der Waals surface area contributed by atoms with Crippen LogP contribution < -0.4 is 0 Å². The number of quaternary nitrogens is 1. The molecule has 0 aromatic heterocycles. The molecular formula is C7H18N2O6. The maximum atomic E-state index is 8.68. The third-order valence-corrected chi connectivity index (χ3v) is 1.92. The van der Waals surface area contributed by atoms with Gasteiger partial charge in [0.2, 0.25) is 0 Å². The number of aliphatic hydroxyl groups excluding tert-OH is 3. The summed E-state index contributed by atoms with van der Waals surface area (Å²) in [5, 5.41) is 40.8. The van der Waals surface area contributed by atoms with E-state index in [-0.39, 0.29) is 19.8 Å². The van der Waals surface area contributed by atoms with E-state index in [0.29, 0.717) is 24.1 Å². The Balaban J connectivity index is 0. The van der Waals surface area contributed by atoms with Crippen molar-refractivity contribution in [2.75, 3.05) is 46.5 Å². The Bertz CT molecular complexity index is 145. The van der Waals surface area contributed by atoms with Crippen molar-refractivity contribution in [2.24, 2.45) is 0 Å². The molecular weight excluding hydrogens is 208 g/mol. The number of hydrogen-bond donors (Lipinski definition) is 3. The van der Waals surface area contributed by atoms with Gasteiger partial charge in [-0.25, -0.2) is 0 Å². The molecule has 8 heteroatoms. The number of rotatable bonds is 6. The zero-order chi connectivity index (χ0) is 12.3. The minimum atomic E-state index is -1.75. The summed E-state index contributed by atoms with van der Waals surface area (Å²) in [5.74, 6) is 0. The zero-order valence-electron chi connectivity index (χ0n) is 8.70. The third kappa shape index (κ3) is 13.0. The van der Waals surface area contributed by atoms with Crippen LogP contribution in [0.15, 0.2) is 0 Å². The molecule has 3 N–H and O–H groups in total. The van der Waals surface area contributed by atoms with Crippen LogP contribution in [-0.2, 0) is 0 Å². The summed E-state index contributed by atoms with van der Waals surface area (Å²) in [6, 6.07) is 0. The summed E-state index contributed by atoms with van der Waals surface area (Å²) in [6.45, 7) is 2.03. The molecule has 0 saturated heterocycles. The SMILES string of the molecule is C[N+](CCO)(CCO)CCO.O=[N+]([O-])[O-]. The Kier molecular flexibility index (Phi) is 10.5. The third-order valence-electron chi connectivity index (χ3n) is 1.92. The van der Waals surface area contributed by atoms with Gasteiger partial charge in [0.05, 0.1) is 32.0 Å². The molecule has 0 amide bonds. The highest BCUT2D eigenvalue weighted by Crippen LogP contribution is 1.99. The molecule has 0 spiro atoms. The molecule has 15 heavy (non-hydrogen) atoms. The lowest BCUT2D eigenvalue weighted by molar-refractivity contribution is -0.910. The van der Waals surface area contributed by atoms with Crippen LogP contribution >= 0.6 is 0 Å². The van der Waals surface area contributed by atoms with Crippen molar-refractivity contribution in [2.45, 2.75) is 0 Å². The van der Waals surface area contributed by atoms with E-state index < -0.39 is 5.09 Å². The topological polar surface area (TPSA) is 127 Å². The second kappa shape index (κ2) is 9.59. The predicted molar refractivity (Wildman–Crippen MR) is 52.4 cm³/mol. The van der Waals surface area contributed by atoms with Gasteiger partial charge in [0.1, 0.15) is 19.6 Å². The van der Waals surface area contributed by atoms with Crippen LogP contribution in [0.4, 0.5) is 0 Å². The molecule has 0 radical (unpaired) electrons. The summed E-state index contributed by atoms with van der Waals surface area (Å²) in [6.07, 6.45) is 0. The summed E-state index contributed by atoms with van der Waals surface area (Å²) in [5.41, 5.74) is 0. The van der Waals surface area contributed by atoms with E-state index in [0.717, 1.165) is 0 Å². The molecule has 0 bridgehead atoms. The highest BCUT2D eigenvalue weighted by atomic mass is 16.9. The highest BCUT2D eigenvalue weighted by molar-refractivity contribution is 4.37. The lowest BCUT2D eigenvalue weighted by atomic mass is 10.4. The molecule has 0 aliphatic heterocycles. The Morgan fingerprint density at radius 1 is 1.00 bits per heavy atom. The van der Waals surface area contributed by atoms with E-state index in [1.807, 2.05) is 7.05 Å². The van der Waals surface area contributed by atoms with E-state index in [1.165, 1.54) is 0 Å². The largest absolute Gasteiger partial charge is 0.391 e. The van der Waals surface area contributed by atoms with Crippen LogP contribution in [0.2, 0.25) is 0 Å². The Hall–Kier alpha value is -0.960. The number of hydrogen-bond acceptors (Lipinski definition) is 6. The minimum absolute atomic E-state index is 0.0938. The Morgan fingerprint density at radius 2 is 1.20 bits per heavy atom. The Labute approximate surface area is 87.7 Å². The summed E-state index contributed by atoms with van der Waals surface area (Å²) >= 11 is 0. The lowest BCUT2D eigenvalue weighted by Crippen LogP contribution is -2.49. The molecule has 92 valence electrons. The van der Waals surface area contributed by atoms with Crippen molar-refractivity contribution in [1.29, 1.82) is 0 Å². The predicted octanol–water partition coefficient (Wildman–Crippen LogP) is -1.83. The first-order valence-electron chi connectivity index (χ1n) is 4.39. The molecule has 0 aromatic carbocycles. The average molecular weight is 226 g/mol. The first-order chi connectivity index (χ1) is 6.91. The maximum Gasteiger partial charge on any atom is 0.102 e. The fraction of sp³-hybridized carbons (Fsp3) is 1.00. The quantitative estimate of drug-likeness (QED) is 0.278. The van der Waals surface area contributed by atoms with E-state index in [2.05, 4.69) is 0 Å². The van der Waals surface area contributed by atoms with Gasteiger partial charge in [-0.05, 0) is 0 Å². The smallest absolute Gasteiger partial charge is 0.102 e. The van der Waals surface area contributed by atoms with Gasteiger partial charge >= 0.3 is 0 Å². The molecule has 0 aliphatic carbocycles. The molecule has 0 rings (SSSR count). The van der Waals surface area contributed by atoms with Crippen molar-refractivity contribution >= 4 is 0 Å². The van der Waals surface area contributed by atoms with Gasteiger partial charge in [0.15, 0.2) is 0 Å². The van der Waals surface area contributed by atoms with Gasteiger partial charge < -0.3 is 35.1 Å². The lowest BCUT2D eigenvalue weighted by Gasteiger charge is -2.32. The van der Waals surface area contributed by atoms with E-state index in [4.69, 9.17) is 30.6 Å². The van der Waals surface area contributed by atoms with Crippen LogP contribution in [0.25, 0.3) is 0 Å². The fourth-order valence-electron chi connectivity index (χ4n) is 1.06. The van der Waals surface area contributed by atoms with E-state index in [1.54, 1.807) is 0 Å². The maximum absolute atomic E-state index is 8.68. The molecule has 0 fully saturated rings. The normalized spacial score (nSPS) is 10.4. The highest BCUT2D eigenvalue weighted by Gasteiger charge is 2.18. The van der Waals surface area contributed by atoms with Gasteiger partial charge in [-0.2, -0.15) is 0 Å². The summed E-state index contributed by atoms with van der Waals surface area (Å²) < 4.78 is 0.531. The van der Waals surface area contributed by atoms with Crippen molar-refractivity contribution in [3.8, 4) is 0 Å². The monoisotopic (exact) mass is 226 g/mol. The van der Waals surface area contributed by atoms with Crippen LogP contribution in [-0.4, -0.2) is 71.4 Å².